The van der Waals surface area contributed by atoms with E-state index in [4.69, 9.17) is 0 Å². The van der Waals surface area contributed by atoms with Gasteiger partial charge in [-0.3, -0.25) is 9.69 Å². The summed E-state index contributed by atoms with van der Waals surface area (Å²) < 4.78 is 25.2. The molecule has 3 rings (SSSR count). The van der Waals surface area contributed by atoms with Crippen molar-refractivity contribution in [2.24, 2.45) is 0 Å². The highest BCUT2D eigenvalue weighted by atomic mass is 32.2. The second-order valence-electron chi connectivity index (χ2n) is 5.26. The Balaban J connectivity index is 2.01. The number of aromatic nitrogens is 4. The molecule has 0 spiro atoms. The molecule has 0 N–H and O–H groups in total. The highest BCUT2D eigenvalue weighted by molar-refractivity contribution is 7.90. The minimum absolute atomic E-state index is 0.162. The van der Waals surface area contributed by atoms with Gasteiger partial charge in [-0.1, -0.05) is 11.2 Å². The Hall–Kier alpha value is -2.29. The molecule has 1 aliphatic heterocycles. The number of aryl methyl sites for hydroxylation is 2. The van der Waals surface area contributed by atoms with Crippen LogP contribution in [0.2, 0.25) is 0 Å². The number of tetrazole rings is 1. The summed E-state index contributed by atoms with van der Waals surface area (Å²) in [6.45, 7) is 2.86. The van der Waals surface area contributed by atoms with Gasteiger partial charge in [-0.2, -0.15) is 0 Å². The molecule has 0 aliphatic carbocycles. The molecule has 9 heteroatoms. The van der Waals surface area contributed by atoms with E-state index < -0.39 is 9.84 Å². The quantitative estimate of drug-likeness (QED) is 0.796. The molecule has 8 nitrogen and oxygen atoms in total. The Morgan fingerprint density at radius 2 is 2.05 bits per heavy atom. The highest BCUT2D eigenvalue weighted by Gasteiger charge is 2.27. The van der Waals surface area contributed by atoms with Crippen LogP contribution in [0.3, 0.4) is 0 Å². The lowest BCUT2D eigenvalue weighted by Gasteiger charge is -2.25. The summed E-state index contributed by atoms with van der Waals surface area (Å²) in [7, 11) is -3.39. The van der Waals surface area contributed by atoms with E-state index in [0.717, 1.165) is 12.7 Å². The molecule has 0 unspecified atom stereocenters. The Labute approximate surface area is 127 Å². The van der Waals surface area contributed by atoms with Crippen molar-refractivity contribution in [3.05, 3.63) is 29.3 Å². The molecule has 0 radical (unpaired) electrons. The van der Waals surface area contributed by atoms with Crippen molar-refractivity contribution in [3.63, 3.8) is 0 Å². The summed E-state index contributed by atoms with van der Waals surface area (Å²) in [6.07, 6.45) is 1.87. The molecule has 1 aromatic carbocycles. The van der Waals surface area contributed by atoms with Gasteiger partial charge in [-0.15, -0.1) is 0 Å². The lowest BCUT2D eigenvalue weighted by Crippen LogP contribution is -2.38. The van der Waals surface area contributed by atoms with E-state index in [1.165, 1.54) is 11.0 Å². The molecular weight excluding hydrogens is 306 g/mol. The number of hydrogen-bond acceptors (Lipinski definition) is 6. The smallest absolute Gasteiger partial charge is 0.260 e. The van der Waals surface area contributed by atoms with Crippen LogP contribution in [0.1, 0.15) is 22.3 Å². The molecule has 0 fully saturated rings. The third-order valence-corrected chi connectivity index (χ3v) is 4.82. The molecule has 2 heterocycles. The van der Waals surface area contributed by atoms with Crippen molar-refractivity contribution in [3.8, 4) is 0 Å². The zero-order valence-electron chi connectivity index (χ0n) is 12.2. The van der Waals surface area contributed by atoms with Gasteiger partial charge >= 0.3 is 0 Å². The normalized spacial score (nSPS) is 14.7. The summed E-state index contributed by atoms with van der Waals surface area (Å²) in [5.74, 6) is 0.0818. The number of benzene rings is 1. The fourth-order valence-corrected chi connectivity index (χ4v) is 3.49. The number of sulfone groups is 1. The number of carbonyl (C=O) groups is 1. The van der Waals surface area contributed by atoms with Gasteiger partial charge in [-0.05, 0) is 41.5 Å². The van der Waals surface area contributed by atoms with Gasteiger partial charge in [0.15, 0.2) is 9.84 Å². The Morgan fingerprint density at radius 1 is 1.27 bits per heavy atom. The van der Waals surface area contributed by atoms with Crippen LogP contribution in [0.25, 0.3) is 0 Å². The molecule has 0 atom stereocenters. The summed E-state index contributed by atoms with van der Waals surface area (Å²) in [6, 6.07) is 4.67. The van der Waals surface area contributed by atoms with E-state index >= 15 is 0 Å². The van der Waals surface area contributed by atoms with Crippen LogP contribution in [-0.4, -0.2) is 47.3 Å². The van der Waals surface area contributed by atoms with Crippen molar-refractivity contribution in [2.45, 2.75) is 24.8 Å². The summed E-state index contributed by atoms with van der Waals surface area (Å²) in [5, 5.41) is 11.3. The second kappa shape index (κ2) is 5.16. The number of rotatable bonds is 2. The molecule has 0 saturated heterocycles. The molecule has 1 aliphatic rings. The first kappa shape index (κ1) is 14.6. The second-order valence-corrected chi connectivity index (χ2v) is 7.25. The first-order valence-corrected chi connectivity index (χ1v) is 8.66. The fourth-order valence-electron chi connectivity index (χ4n) is 2.50. The van der Waals surface area contributed by atoms with Crippen LogP contribution < -0.4 is 4.90 Å². The zero-order valence-corrected chi connectivity index (χ0v) is 13.0. The van der Waals surface area contributed by atoms with Gasteiger partial charge in [0, 0.05) is 24.9 Å². The first-order valence-electron chi connectivity index (χ1n) is 6.76. The average Bonchev–Trinajstić information content (AvgIpc) is 2.94. The number of nitrogens with zero attached hydrogens (tertiary/aromatic N) is 5. The van der Waals surface area contributed by atoms with Crippen molar-refractivity contribution < 1.29 is 13.2 Å². The molecule has 1 aromatic heterocycles. The zero-order chi connectivity index (χ0) is 15.9. The summed E-state index contributed by atoms with van der Waals surface area (Å²) >= 11 is 0. The number of anilines is 1. The molecule has 2 aromatic rings. The van der Waals surface area contributed by atoms with Crippen LogP contribution in [0, 0.1) is 6.92 Å². The van der Waals surface area contributed by atoms with Gasteiger partial charge in [0.25, 0.3) is 11.9 Å². The third kappa shape index (κ3) is 2.47. The molecule has 0 saturated carbocycles. The van der Waals surface area contributed by atoms with E-state index in [-0.39, 0.29) is 10.8 Å². The van der Waals surface area contributed by atoms with Crippen molar-refractivity contribution in [2.75, 3.05) is 17.7 Å². The van der Waals surface area contributed by atoms with Crippen LogP contribution >= 0.6 is 0 Å². The number of carbonyl (C=O) groups excluding carboxylic acids is 1. The lowest BCUT2D eigenvalue weighted by atomic mass is 10.1. The van der Waals surface area contributed by atoms with E-state index in [0.29, 0.717) is 30.2 Å². The fraction of sp³-hybridized carbons (Fsp3) is 0.385. The van der Waals surface area contributed by atoms with Crippen molar-refractivity contribution >= 4 is 21.7 Å². The van der Waals surface area contributed by atoms with Gasteiger partial charge in [0.2, 0.25) is 0 Å². The van der Waals surface area contributed by atoms with E-state index in [1.807, 2.05) is 0 Å². The topological polar surface area (TPSA) is 98.1 Å². The monoisotopic (exact) mass is 321 g/mol. The van der Waals surface area contributed by atoms with Gasteiger partial charge < -0.3 is 0 Å². The van der Waals surface area contributed by atoms with Gasteiger partial charge in [0.1, 0.15) is 0 Å². The Kier molecular flexibility index (Phi) is 3.44. The molecule has 22 heavy (non-hydrogen) atoms. The van der Waals surface area contributed by atoms with E-state index in [9.17, 15) is 13.2 Å². The minimum atomic E-state index is -3.39. The van der Waals surface area contributed by atoms with Gasteiger partial charge in [-0.25, -0.2) is 13.1 Å². The SMILES string of the molecule is Cc1ccc(C(=O)N2CCCn3nnnc32)cc1S(C)(=O)=O. The Bertz CT molecular complexity index is 843. The maximum atomic E-state index is 12.7. The number of hydrogen-bond donors (Lipinski definition) is 0. The Morgan fingerprint density at radius 3 is 2.77 bits per heavy atom. The first-order chi connectivity index (χ1) is 10.4. The lowest BCUT2D eigenvalue weighted by molar-refractivity contribution is 0.0980. The van der Waals surface area contributed by atoms with Crippen LogP contribution in [-0.2, 0) is 16.4 Å². The molecule has 116 valence electrons. The number of fused-ring (bicyclic) bond motifs is 1. The van der Waals surface area contributed by atoms with E-state index in [1.54, 1.807) is 23.7 Å². The predicted octanol–water partition coefficient (Wildman–Crippen LogP) is 0.436. The summed E-state index contributed by atoms with van der Waals surface area (Å²) in [5.41, 5.74) is 0.921. The third-order valence-electron chi connectivity index (χ3n) is 3.59. The van der Waals surface area contributed by atoms with Crippen LogP contribution in [0.4, 0.5) is 5.95 Å². The van der Waals surface area contributed by atoms with E-state index in [2.05, 4.69) is 15.5 Å². The van der Waals surface area contributed by atoms with Crippen LogP contribution in [0.5, 0.6) is 0 Å². The van der Waals surface area contributed by atoms with Crippen molar-refractivity contribution in [1.29, 1.82) is 0 Å². The average molecular weight is 321 g/mol. The van der Waals surface area contributed by atoms with Crippen LogP contribution in [0.15, 0.2) is 23.1 Å². The maximum Gasteiger partial charge on any atom is 0.260 e. The molecule has 0 bridgehead atoms. The predicted molar refractivity (Wildman–Crippen MR) is 78.4 cm³/mol. The summed E-state index contributed by atoms with van der Waals surface area (Å²) in [4.78, 5) is 14.3. The molecular formula is C13H15N5O3S. The number of amides is 1. The van der Waals surface area contributed by atoms with Gasteiger partial charge in [0.05, 0.1) is 4.90 Å². The van der Waals surface area contributed by atoms with Crippen molar-refractivity contribution in [1.82, 2.24) is 20.2 Å². The molecule has 1 amide bonds. The largest absolute Gasteiger partial charge is 0.275 e. The highest BCUT2D eigenvalue weighted by Crippen LogP contribution is 2.22. The minimum Gasteiger partial charge on any atom is -0.275 e. The maximum absolute atomic E-state index is 12.7. The standard InChI is InChI=1S/C13H15N5O3S/c1-9-4-5-10(8-11(9)22(2,20)21)12(19)17-6-3-7-18-13(17)14-15-16-18/h4-5,8H,3,6-7H2,1-2H3.